The predicted molar refractivity (Wildman–Crippen MR) is 94.4 cm³/mol. The van der Waals surface area contributed by atoms with E-state index in [1.807, 2.05) is 38.1 Å². The van der Waals surface area contributed by atoms with Gasteiger partial charge in [-0.3, -0.25) is 4.57 Å². The van der Waals surface area contributed by atoms with E-state index in [2.05, 4.69) is 5.32 Å². The van der Waals surface area contributed by atoms with Crippen LogP contribution >= 0.6 is 7.60 Å². The second kappa shape index (κ2) is 6.98. The lowest BCUT2D eigenvalue weighted by Crippen LogP contribution is -2.23. The van der Waals surface area contributed by atoms with Crippen LogP contribution in [0.3, 0.4) is 0 Å². The molecule has 0 saturated carbocycles. The number of nitrogens with one attached hydrogen (secondary N) is 1. The number of aromatic hydroxyl groups is 1. The molecule has 0 spiro atoms. The maximum absolute atomic E-state index is 13.3. The number of benzene rings is 2. The lowest BCUT2D eigenvalue weighted by molar-refractivity contribution is 0.0887. The number of anilines is 1. The van der Waals surface area contributed by atoms with Crippen LogP contribution in [0.2, 0.25) is 0 Å². The van der Waals surface area contributed by atoms with Crippen LogP contribution in [0.1, 0.15) is 30.3 Å². The molecule has 1 fully saturated rings. The highest BCUT2D eigenvalue weighted by atomic mass is 31.2. The Bertz CT molecular complexity index is 730. The number of rotatable bonds is 4. The first kappa shape index (κ1) is 17.0. The molecule has 2 N–H and O–H groups in total. The summed E-state index contributed by atoms with van der Waals surface area (Å²) in [7, 11) is -3.39. The van der Waals surface area contributed by atoms with Crippen molar-refractivity contribution < 1.29 is 18.7 Å². The van der Waals surface area contributed by atoms with Gasteiger partial charge in [0, 0.05) is 5.69 Å². The van der Waals surface area contributed by atoms with E-state index in [0.29, 0.717) is 6.61 Å². The number of hydrogen-bond acceptors (Lipinski definition) is 5. The van der Waals surface area contributed by atoms with E-state index >= 15 is 0 Å². The molecule has 0 amide bonds. The van der Waals surface area contributed by atoms with Crippen molar-refractivity contribution in [1.29, 1.82) is 0 Å². The minimum atomic E-state index is -3.39. The van der Waals surface area contributed by atoms with Crippen molar-refractivity contribution in [1.82, 2.24) is 0 Å². The summed E-state index contributed by atoms with van der Waals surface area (Å²) in [5, 5.41) is 12.8. The average molecular weight is 347 g/mol. The fourth-order valence-electron chi connectivity index (χ4n) is 2.62. The fraction of sp³-hybridized carbons (Fsp3) is 0.333. The molecule has 1 aliphatic rings. The van der Waals surface area contributed by atoms with Gasteiger partial charge >= 0.3 is 7.60 Å². The van der Waals surface area contributed by atoms with Crippen LogP contribution in [0.5, 0.6) is 5.75 Å². The summed E-state index contributed by atoms with van der Waals surface area (Å²) >= 11 is 0. The third-order valence-electron chi connectivity index (χ3n) is 4.00. The summed E-state index contributed by atoms with van der Waals surface area (Å²) in [6.45, 7) is 4.32. The molecular formula is C18H22NO4P. The topological polar surface area (TPSA) is 67.8 Å². The standard InChI is InChI=1S/C18H22NO4P/c1-13-3-7-16(8-4-13)19-18(15-5-9-17(20)10-6-15)24(21)22-12-11-14(2)23-24/h3-10,14,18-20H,11-12H2,1-2H3/t14-,18-,24-/m0/s1. The molecule has 2 aromatic rings. The molecule has 5 nitrogen and oxygen atoms in total. The van der Waals surface area contributed by atoms with E-state index < -0.39 is 13.4 Å². The molecule has 0 unspecified atom stereocenters. The molecule has 2 aromatic carbocycles. The van der Waals surface area contributed by atoms with Gasteiger partial charge in [0.25, 0.3) is 0 Å². The molecule has 1 saturated heterocycles. The molecule has 6 heteroatoms. The second-order valence-corrected chi connectivity index (χ2v) is 8.15. The van der Waals surface area contributed by atoms with Gasteiger partial charge in [0.2, 0.25) is 0 Å². The fourth-order valence-corrected chi connectivity index (χ4v) is 4.77. The molecular weight excluding hydrogens is 325 g/mol. The molecule has 3 atom stereocenters. The Morgan fingerprint density at radius 2 is 1.83 bits per heavy atom. The first-order chi connectivity index (χ1) is 11.5. The van der Waals surface area contributed by atoms with Crippen molar-refractivity contribution >= 4 is 13.3 Å². The van der Waals surface area contributed by atoms with Gasteiger partial charge in [-0.25, -0.2) is 0 Å². The van der Waals surface area contributed by atoms with Gasteiger partial charge in [-0.2, -0.15) is 0 Å². The Kier molecular flexibility index (Phi) is 4.95. The van der Waals surface area contributed by atoms with Crippen molar-refractivity contribution in [2.45, 2.75) is 32.2 Å². The zero-order valence-corrected chi connectivity index (χ0v) is 14.7. The Hall–Kier alpha value is -1.81. The highest BCUT2D eigenvalue weighted by molar-refractivity contribution is 7.54. The number of phenolic OH excluding ortho intramolecular Hbond substituents is 1. The molecule has 3 rings (SSSR count). The van der Waals surface area contributed by atoms with Crippen molar-refractivity contribution in [2.75, 3.05) is 11.9 Å². The van der Waals surface area contributed by atoms with E-state index in [0.717, 1.165) is 23.2 Å². The van der Waals surface area contributed by atoms with Gasteiger partial charge in [0.1, 0.15) is 5.75 Å². The van der Waals surface area contributed by atoms with Gasteiger partial charge < -0.3 is 19.5 Å². The van der Waals surface area contributed by atoms with Crippen LogP contribution < -0.4 is 5.32 Å². The van der Waals surface area contributed by atoms with Crippen molar-refractivity contribution in [2.24, 2.45) is 0 Å². The van der Waals surface area contributed by atoms with Gasteiger partial charge in [-0.15, -0.1) is 0 Å². The third-order valence-corrected chi connectivity index (χ3v) is 6.26. The van der Waals surface area contributed by atoms with E-state index in [1.165, 1.54) is 0 Å². The maximum atomic E-state index is 13.3. The van der Waals surface area contributed by atoms with Crippen LogP contribution in [0.25, 0.3) is 0 Å². The summed E-state index contributed by atoms with van der Waals surface area (Å²) in [5.41, 5.74) is 2.72. The second-order valence-electron chi connectivity index (χ2n) is 6.08. The normalized spacial score (nSPS) is 25.2. The average Bonchev–Trinajstić information content (AvgIpc) is 2.55. The highest BCUT2D eigenvalue weighted by Gasteiger charge is 2.41. The molecule has 0 aromatic heterocycles. The molecule has 0 aliphatic carbocycles. The minimum absolute atomic E-state index is 0.121. The van der Waals surface area contributed by atoms with Crippen LogP contribution in [0.4, 0.5) is 5.69 Å². The van der Waals surface area contributed by atoms with Crippen LogP contribution in [-0.2, 0) is 13.6 Å². The third kappa shape index (κ3) is 3.81. The Balaban J connectivity index is 1.95. The smallest absolute Gasteiger partial charge is 0.357 e. The Morgan fingerprint density at radius 1 is 1.17 bits per heavy atom. The number of hydrogen-bond donors (Lipinski definition) is 2. The SMILES string of the molecule is Cc1ccc(N[C@H](c2ccc(O)cc2)[P@]2(=O)OCC[C@H](C)O2)cc1. The zero-order chi connectivity index (χ0) is 17.2. The lowest BCUT2D eigenvalue weighted by atomic mass is 10.2. The van der Waals surface area contributed by atoms with Crippen molar-refractivity contribution in [3.8, 4) is 5.75 Å². The van der Waals surface area contributed by atoms with E-state index in [-0.39, 0.29) is 11.9 Å². The molecule has 128 valence electrons. The summed E-state index contributed by atoms with van der Waals surface area (Å²) in [6, 6.07) is 14.4. The number of aryl methyl sites for hydroxylation is 1. The lowest BCUT2D eigenvalue weighted by Gasteiger charge is -2.34. The van der Waals surface area contributed by atoms with E-state index in [1.54, 1.807) is 24.3 Å². The van der Waals surface area contributed by atoms with Crippen molar-refractivity contribution in [3.05, 3.63) is 59.7 Å². The van der Waals surface area contributed by atoms with E-state index in [4.69, 9.17) is 9.05 Å². The first-order valence-corrected chi connectivity index (χ1v) is 9.62. The van der Waals surface area contributed by atoms with Crippen LogP contribution in [0, 0.1) is 6.92 Å². The van der Waals surface area contributed by atoms with Crippen molar-refractivity contribution in [3.63, 3.8) is 0 Å². The van der Waals surface area contributed by atoms with Gasteiger partial charge in [0.05, 0.1) is 12.7 Å². The van der Waals surface area contributed by atoms with Gasteiger partial charge in [0.15, 0.2) is 5.78 Å². The first-order valence-electron chi connectivity index (χ1n) is 8.01. The predicted octanol–water partition coefficient (Wildman–Crippen LogP) is 4.83. The quantitative estimate of drug-likeness (QED) is 0.776. The summed E-state index contributed by atoms with van der Waals surface area (Å²) in [4.78, 5) is 0. The monoisotopic (exact) mass is 347 g/mol. The van der Waals surface area contributed by atoms with E-state index in [9.17, 15) is 9.67 Å². The Morgan fingerprint density at radius 3 is 2.46 bits per heavy atom. The van der Waals surface area contributed by atoms with Gasteiger partial charge in [-0.05, 0) is 50.1 Å². The molecule has 24 heavy (non-hydrogen) atoms. The van der Waals surface area contributed by atoms with Crippen LogP contribution in [-0.4, -0.2) is 17.8 Å². The zero-order valence-electron chi connectivity index (χ0n) is 13.8. The maximum Gasteiger partial charge on any atom is 0.357 e. The molecule has 0 radical (unpaired) electrons. The summed E-state index contributed by atoms with van der Waals surface area (Å²) < 4.78 is 24.6. The molecule has 0 bridgehead atoms. The van der Waals surface area contributed by atoms with Gasteiger partial charge in [-0.1, -0.05) is 29.8 Å². The molecule has 1 heterocycles. The Labute approximate surface area is 142 Å². The van der Waals surface area contributed by atoms with Crippen LogP contribution in [0.15, 0.2) is 48.5 Å². The molecule has 1 aliphatic heterocycles. The number of phenols is 1. The highest BCUT2D eigenvalue weighted by Crippen LogP contribution is 2.63. The summed E-state index contributed by atoms with van der Waals surface area (Å²) in [6.07, 6.45) is 0.598. The summed E-state index contributed by atoms with van der Waals surface area (Å²) in [5.74, 6) is -0.478. The largest absolute Gasteiger partial charge is 0.508 e. The minimum Gasteiger partial charge on any atom is -0.508 e.